The average Bonchev–Trinajstić information content (AvgIpc) is 3.18. The molecule has 0 radical (unpaired) electrons. The largest absolute Gasteiger partial charge is 0.405 e. The Morgan fingerprint density at radius 1 is 0.352 bits per heavy atom. The zero-order chi connectivity index (χ0) is 38.7. The van der Waals surface area contributed by atoms with Gasteiger partial charge in [-0.3, -0.25) is 0 Å². The van der Waals surface area contributed by atoms with Crippen LogP contribution in [0.1, 0.15) is 20.8 Å². The van der Waals surface area contributed by atoms with Gasteiger partial charge in [0.15, 0.2) is 0 Å². The molecule has 54 heavy (non-hydrogen) atoms. The van der Waals surface area contributed by atoms with Crippen molar-refractivity contribution in [1.82, 2.24) is 0 Å². The lowest BCUT2D eigenvalue weighted by molar-refractivity contribution is -0.0278. The van der Waals surface area contributed by atoms with E-state index in [1.54, 1.807) is 0 Å². The Balaban J connectivity index is 1.30. The third-order valence-corrected chi connectivity index (χ3v) is 12.9. The number of rotatable bonds is 38. The second kappa shape index (κ2) is 33.3. The van der Waals surface area contributed by atoms with Crippen LogP contribution >= 0.6 is 0 Å². The summed E-state index contributed by atoms with van der Waals surface area (Å²) in [7, 11) is -2.54. The van der Waals surface area contributed by atoms with Gasteiger partial charge in [-0.25, -0.2) is 4.39 Å². The molecule has 14 heteroatoms. The van der Waals surface area contributed by atoms with Gasteiger partial charge >= 0.3 is 0 Å². The molecule has 0 aliphatic heterocycles. The van der Waals surface area contributed by atoms with Gasteiger partial charge in [-0.05, 0) is 15.4 Å². The zero-order valence-corrected chi connectivity index (χ0v) is 34.0. The number of ether oxygens (including phenoxy) is 11. The van der Waals surface area contributed by atoms with Crippen LogP contribution in [0.15, 0.2) is 60.7 Å². The van der Waals surface area contributed by atoms with Crippen molar-refractivity contribution in [3.05, 3.63) is 60.7 Å². The molecular formula is C40H67FO12Si. The van der Waals surface area contributed by atoms with Crippen LogP contribution in [-0.2, 0) is 56.5 Å². The van der Waals surface area contributed by atoms with E-state index in [2.05, 4.69) is 81.4 Å². The highest BCUT2D eigenvalue weighted by Crippen LogP contribution is 2.36. The lowest BCUT2D eigenvalue weighted by Gasteiger charge is -2.43. The number of alkyl halides is 1. The molecule has 12 nitrogen and oxygen atoms in total. The second-order valence-corrected chi connectivity index (χ2v) is 17.2. The van der Waals surface area contributed by atoms with Crippen LogP contribution in [0, 0.1) is 0 Å². The Kier molecular flexibility index (Phi) is 29.7. The molecule has 0 spiro atoms. The van der Waals surface area contributed by atoms with E-state index in [1.165, 1.54) is 10.4 Å². The van der Waals surface area contributed by atoms with Crippen molar-refractivity contribution < 1.29 is 60.9 Å². The van der Waals surface area contributed by atoms with E-state index < -0.39 is 15.0 Å². The molecule has 2 rings (SSSR count). The van der Waals surface area contributed by atoms with Crippen molar-refractivity contribution in [3.63, 3.8) is 0 Å². The third-order valence-electron chi connectivity index (χ3n) is 7.90. The van der Waals surface area contributed by atoms with Gasteiger partial charge in [0, 0.05) is 0 Å². The van der Waals surface area contributed by atoms with Crippen molar-refractivity contribution >= 4 is 18.7 Å². The maximum absolute atomic E-state index is 11.9. The fraction of sp³-hybridized carbons (Fsp3) is 0.700. The van der Waals surface area contributed by atoms with Gasteiger partial charge in [0.2, 0.25) is 0 Å². The number of hydrogen-bond acceptors (Lipinski definition) is 12. The fourth-order valence-corrected chi connectivity index (χ4v) is 9.92. The van der Waals surface area contributed by atoms with Crippen LogP contribution in [0.3, 0.4) is 0 Å². The lowest BCUT2D eigenvalue weighted by atomic mass is 10.2. The number of benzene rings is 2. The molecule has 0 heterocycles. The maximum Gasteiger partial charge on any atom is 0.261 e. The second-order valence-electron chi connectivity index (χ2n) is 12.9. The normalized spacial score (nSPS) is 12.1. The van der Waals surface area contributed by atoms with E-state index in [-0.39, 0.29) is 11.6 Å². The minimum absolute atomic E-state index is 0.0598. The van der Waals surface area contributed by atoms with Crippen LogP contribution in [0.5, 0.6) is 0 Å². The van der Waals surface area contributed by atoms with E-state index in [1.807, 2.05) is 0 Å². The molecule has 0 aliphatic carbocycles. The van der Waals surface area contributed by atoms with Crippen molar-refractivity contribution in [2.75, 3.05) is 159 Å². The molecule has 0 amide bonds. The summed E-state index contributed by atoms with van der Waals surface area (Å²) in [6.07, 6.45) is 0. The Morgan fingerprint density at radius 2 is 0.574 bits per heavy atom. The quantitative estimate of drug-likeness (QED) is 0.0732. The summed E-state index contributed by atoms with van der Waals surface area (Å²) < 4.78 is 78.9. The summed E-state index contributed by atoms with van der Waals surface area (Å²) in [5.74, 6) is 0. The van der Waals surface area contributed by atoms with Crippen LogP contribution < -0.4 is 10.4 Å². The van der Waals surface area contributed by atoms with Gasteiger partial charge in [-0.1, -0.05) is 81.4 Å². The SMILES string of the molecule is CC(C)(C)[Si](OCCOCCOCCOCCOCCOCCOCCOCCOCCOCCOCCOCCF)(c1ccccc1)c1ccccc1. The Morgan fingerprint density at radius 3 is 0.796 bits per heavy atom. The summed E-state index contributed by atoms with van der Waals surface area (Å²) in [4.78, 5) is 0. The number of halogens is 1. The maximum atomic E-state index is 11.9. The Hall–Kier alpha value is -1.89. The predicted octanol–water partition coefficient (Wildman–Crippen LogP) is 3.72. The summed E-state index contributed by atoms with van der Waals surface area (Å²) in [5.41, 5.74) is 0. The molecule has 0 saturated heterocycles. The molecule has 0 bridgehead atoms. The topological polar surface area (TPSA) is 111 Å². The molecule has 0 unspecified atom stereocenters. The zero-order valence-electron chi connectivity index (χ0n) is 33.0. The summed E-state index contributed by atoms with van der Waals surface area (Å²) in [5, 5.41) is 2.47. The average molecular weight is 787 g/mol. The van der Waals surface area contributed by atoms with Crippen molar-refractivity contribution in [2.45, 2.75) is 25.8 Å². The van der Waals surface area contributed by atoms with Gasteiger partial charge in [0.05, 0.1) is 152 Å². The van der Waals surface area contributed by atoms with E-state index >= 15 is 0 Å². The van der Waals surface area contributed by atoms with Gasteiger partial charge < -0.3 is 56.5 Å². The van der Waals surface area contributed by atoms with Gasteiger partial charge in [-0.2, -0.15) is 0 Å². The number of hydrogen-bond donors (Lipinski definition) is 0. The smallest absolute Gasteiger partial charge is 0.261 e. The standard InChI is InChI=1S/C40H67FO12Si/c1-40(2,3)54(38-10-6-4-7-11-38,39-12-8-5-9-13-39)53-37-36-52-35-34-51-33-32-50-31-30-49-29-28-48-27-26-47-25-24-46-23-22-45-21-20-44-19-18-43-17-16-42-15-14-41/h4-13H,14-37H2,1-3H3. The van der Waals surface area contributed by atoms with Crippen LogP contribution in [0.4, 0.5) is 4.39 Å². The van der Waals surface area contributed by atoms with E-state index in [0.29, 0.717) is 145 Å². The molecule has 0 saturated carbocycles. The van der Waals surface area contributed by atoms with Crippen molar-refractivity contribution in [3.8, 4) is 0 Å². The third kappa shape index (κ3) is 22.6. The van der Waals surface area contributed by atoms with Crippen LogP contribution in [0.2, 0.25) is 5.04 Å². The molecule has 0 fully saturated rings. The van der Waals surface area contributed by atoms with E-state index in [4.69, 9.17) is 56.5 Å². The first-order valence-electron chi connectivity index (χ1n) is 19.2. The molecule has 0 atom stereocenters. The molecule has 0 aromatic heterocycles. The summed E-state index contributed by atoms with van der Waals surface area (Å²) in [6, 6.07) is 21.3. The van der Waals surface area contributed by atoms with Gasteiger partial charge in [0.25, 0.3) is 8.32 Å². The highest BCUT2D eigenvalue weighted by Gasteiger charge is 2.50. The first-order valence-corrected chi connectivity index (χ1v) is 21.1. The van der Waals surface area contributed by atoms with Crippen molar-refractivity contribution in [1.29, 1.82) is 0 Å². The lowest BCUT2D eigenvalue weighted by Crippen LogP contribution is -2.66. The predicted molar refractivity (Wildman–Crippen MR) is 209 cm³/mol. The minimum atomic E-state index is -2.54. The minimum Gasteiger partial charge on any atom is -0.405 e. The van der Waals surface area contributed by atoms with E-state index in [0.717, 1.165) is 0 Å². The molecule has 0 N–H and O–H groups in total. The monoisotopic (exact) mass is 786 g/mol. The van der Waals surface area contributed by atoms with Gasteiger partial charge in [0.1, 0.15) is 6.67 Å². The molecule has 2 aromatic carbocycles. The summed E-state index contributed by atoms with van der Waals surface area (Å²) >= 11 is 0. The first-order chi connectivity index (χ1) is 26.5. The highest BCUT2D eigenvalue weighted by molar-refractivity contribution is 6.99. The van der Waals surface area contributed by atoms with Crippen molar-refractivity contribution in [2.24, 2.45) is 0 Å². The van der Waals surface area contributed by atoms with E-state index in [9.17, 15) is 4.39 Å². The van der Waals surface area contributed by atoms with Crippen LogP contribution in [0.25, 0.3) is 0 Å². The first kappa shape index (κ1) is 48.3. The molecule has 0 aliphatic rings. The molecule has 310 valence electrons. The fourth-order valence-electron chi connectivity index (χ4n) is 5.37. The molecule has 2 aromatic rings. The Bertz CT molecular complexity index is 1040. The molecular weight excluding hydrogens is 720 g/mol. The highest BCUT2D eigenvalue weighted by atomic mass is 28.4. The summed E-state index contributed by atoms with van der Waals surface area (Å²) in [6.45, 7) is 17.2. The van der Waals surface area contributed by atoms with Gasteiger partial charge in [-0.15, -0.1) is 0 Å². The van der Waals surface area contributed by atoms with Crippen LogP contribution in [-0.4, -0.2) is 167 Å². The Labute approximate surface area is 324 Å².